The van der Waals surface area contributed by atoms with E-state index in [9.17, 15) is 4.79 Å². The average Bonchev–Trinajstić information content (AvgIpc) is 2.29. The van der Waals surface area contributed by atoms with Crippen molar-refractivity contribution >= 4 is 16.9 Å². The first-order chi connectivity index (χ1) is 7.31. The minimum atomic E-state index is -0.546. The molecule has 2 aromatic rings. The number of para-hydroxylation sites is 1. The fraction of sp³-hybridized carbons (Fsp3) is 0.0909. The molecule has 0 aliphatic heterocycles. The fourth-order valence-electron chi connectivity index (χ4n) is 1.31. The van der Waals surface area contributed by atoms with Crippen molar-refractivity contribution in [3.05, 3.63) is 42.1 Å². The van der Waals surface area contributed by atoms with Crippen molar-refractivity contribution in [1.29, 1.82) is 0 Å². The third kappa shape index (κ3) is 1.94. The Kier molecular flexibility index (Phi) is 2.60. The number of nitrogens with zero attached hydrogens (tertiary/aromatic N) is 1. The van der Waals surface area contributed by atoms with Crippen LogP contribution in [0.4, 0.5) is 0 Å². The Morgan fingerprint density at radius 1 is 1.33 bits per heavy atom. The molecule has 0 fully saturated rings. The van der Waals surface area contributed by atoms with Crippen molar-refractivity contribution in [2.45, 2.75) is 0 Å². The van der Waals surface area contributed by atoms with E-state index < -0.39 is 5.97 Å². The molecule has 0 aliphatic carbocycles. The predicted molar refractivity (Wildman–Crippen MR) is 54.2 cm³/mol. The fourth-order valence-corrected chi connectivity index (χ4v) is 1.31. The summed E-state index contributed by atoms with van der Waals surface area (Å²) >= 11 is 0. The highest BCUT2D eigenvalue weighted by Gasteiger charge is 2.08. The van der Waals surface area contributed by atoms with E-state index in [0.717, 1.165) is 10.9 Å². The second-order valence-corrected chi connectivity index (χ2v) is 2.95. The van der Waals surface area contributed by atoms with Gasteiger partial charge in [-0.2, -0.15) is 4.89 Å². The number of pyridine rings is 1. The zero-order valence-electron chi connectivity index (χ0n) is 8.14. The van der Waals surface area contributed by atoms with Crippen molar-refractivity contribution in [3.63, 3.8) is 0 Å². The molecule has 0 bridgehead atoms. The van der Waals surface area contributed by atoms with E-state index in [1.54, 1.807) is 6.07 Å². The van der Waals surface area contributed by atoms with Crippen LogP contribution in [0.1, 0.15) is 10.4 Å². The number of aromatic nitrogens is 1. The molecule has 0 atom stereocenters. The highest BCUT2D eigenvalue weighted by Crippen LogP contribution is 2.13. The number of carbonyl (C=O) groups is 1. The van der Waals surface area contributed by atoms with Crippen molar-refractivity contribution in [2.24, 2.45) is 0 Å². The monoisotopic (exact) mass is 203 g/mol. The zero-order valence-corrected chi connectivity index (χ0v) is 8.14. The second kappa shape index (κ2) is 4.06. The van der Waals surface area contributed by atoms with Crippen LogP contribution >= 0.6 is 0 Å². The minimum absolute atomic E-state index is 0.371. The molecule has 4 nitrogen and oxygen atoms in total. The Morgan fingerprint density at radius 3 is 2.93 bits per heavy atom. The zero-order chi connectivity index (χ0) is 10.7. The summed E-state index contributed by atoms with van der Waals surface area (Å²) in [5, 5.41) is 0.892. The van der Waals surface area contributed by atoms with Gasteiger partial charge in [0.1, 0.15) is 0 Å². The van der Waals surface area contributed by atoms with E-state index in [1.165, 1.54) is 13.3 Å². The minimum Gasteiger partial charge on any atom is -0.293 e. The molecule has 0 saturated carbocycles. The van der Waals surface area contributed by atoms with Crippen LogP contribution in [0.15, 0.2) is 36.5 Å². The molecule has 2 rings (SSSR count). The molecular formula is C11H9NO3. The van der Waals surface area contributed by atoms with Crippen molar-refractivity contribution < 1.29 is 14.6 Å². The van der Waals surface area contributed by atoms with Crippen molar-refractivity contribution in [2.75, 3.05) is 7.11 Å². The predicted octanol–water partition coefficient (Wildman–Crippen LogP) is 1.95. The summed E-state index contributed by atoms with van der Waals surface area (Å²) in [7, 11) is 1.28. The van der Waals surface area contributed by atoms with Gasteiger partial charge in [0.2, 0.25) is 0 Å². The van der Waals surface area contributed by atoms with Gasteiger partial charge in [-0.1, -0.05) is 18.2 Å². The normalized spacial score (nSPS) is 10.2. The Labute approximate surface area is 86.4 Å². The van der Waals surface area contributed by atoms with E-state index in [4.69, 9.17) is 0 Å². The second-order valence-electron chi connectivity index (χ2n) is 2.95. The van der Waals surface area contributed by atoms with Crippen LogP contribution in [-0.2, 0) is 9.78 Å². The molecule has 0 aliphatic rings. The number of hydrogen-bond donors (Lipinski definition) is 0. The van der Waals surface area contributed by atoms with Crippen LogP contribution in [0, 0.1) is 0 Å². The van der Waals surface area contributed by atoms with Gasteiger partial charge in [0.25, 0.3) is 0 Å². The number of benzene rings is 1. The number of rotatable bonds is 2. The third-order valence-corrected chi connectivity index (χ3v) is 1.99. The maximum Gasteiger partial charge on any atom is 0.374 e. The van der Waals surface area contributed by atoms with Gasteiger partial charge in [0.15, 0.2) is 0 Å². The summed E-state index contributed by atoms with van der Waals surface area (Å²) in [5.74, 6) is -0.546. The van der Waals surface area contributed by atoms with Crippen LogP contribution in [0.3, 0.4) is 0 Å². The molecule has 1 aromatic carbocycles. The van der Waals surface area contributed by atoms with Gasteiger partial charge in [0.05, 0.1) is 18.2 Å². The quantitative estimate of drug-likeness (QED) is 0.553. The van der Waals surface area contributed by atoms with Crippen LogP contribution in [0.25, 0.3) is 10.9 Å². The molecule has 0 saturated heterocycles. The molecule has 0 radical (unpaired) electrons. The van der Waals surface area contributed by atoms with Crippen LogP contribution in [0.5, 0.6) is 0 Å². The lowest BCUT2D eigenvalue weighted by molar-refractivity contribution is -0.216. The Balaban J connectivity index is 2.42. The molecule has 0 spiro atoms. The standard InChI is InChI=1S/C11H9NO3/c1-14-15-11(13)9-6-8-4-2-3-5-10(8)12-7-9/h2-7H,1H3. The molecule has 15 heavy (non-hydrogen) atoms. The Bertz CT molecular complexity index is 496. The van der Waals surface area contributed by atoms with Crippen LogP contribution < -0.4 is 0 Å². The van der Waals surface area contributed by atoms with Gasteiger partial charge in [-0.15, -0.1) is 0 Å². The largest absolute Gasteiger partial charge is 0.374 e. The van der Waals surface area contributed by atoms with E-state index >= 15 is 0 Å². The van der Waals surface area contributed by atoms with Crippen molar-refractivity contribution in [1.82, 2.24) is 4.98 Å². The van der Waals surface area contributed by atoms with E-state index in [1.807, 2.05) is 24.3 Å². The van der Waals surface area contributed by atoms with Gasteiger partial charge in [0, 0.05) is 11.6 Å². The molecule has 0 unspecified atom stereocenters. The van der Waals surface area contributed by atoms with E-state index in [0.29, 0.717) is 5.56 Å². The average molecular weight is 203 g/mol. The van der Waals surface area contributed by atoms with Gasteiger partial charge < -0.3 is 0 Å². The lowest BCUT2D eigenvalue weighted by atomic mass is 10.2. The summed E-state index contributed by atoms with van der Waals surface area (Å²) in [5.41, 5.74) is 1.21. The van der Waals surface area contributed by atoms with E-state index in [-0.39, 0.29) is 0 Å². The number of fused-ring (bicyclic) bond motifs is 1. The van der Waals surface area contributed by atoms with Gasteiger partial charge in [-0.3, -0.25) is 9.87 Å². The number of carbonyl (C=O) groups excluding carboxylic acids is 1. The van der Waals surface area contributed by atoms with Crippen LogP contribution in [0.2, 0.25) is 0 Å². The van der Waals surface area contributed by atoms with Gasteiger partial charge in [-0.25, -0.2) is 4.79 Å². The summed E-state index contributed by atoms with van der Waals surface area (Å²) in [6.07, 6.45) is 1.46. The smallest absolute Gasteiger partial charge is 0.293 e. The van der Waals surface area contributed by atoms with Crippen molar-refractivity contribution in [3.8, 4) is 0 Å². The number of hydrogen-bond acceptors (Lipinski definition) is 4. The topological polar surface area (TPSA) is 48.4 Å². The maximum atomic E-state index is 11.3. The molecule has 76 valence electrons. The molecule has 1 heterocycles. The molecule has 1 aromatic heterocycles. The van der Waals surface area contributed by atoms with Gasteiger partial charge >= 0.3 is 5.97 Å². The lowest BCUT2D eigenvalue weighted by Gasteiger charge is -2.01. The van der Waals surface area contributed by atoms with Gasteiger partial charge in [-0.05, 0) is 12.1 Å². The molecule has 4 heteroatoms. The first kappa shape index (κ1) is 9.61. The summed E-state index contributed by atoms with van der Waals surface area (Å²) in [6, 6.07) is 9.24. The highest BCUT2D eigenvalue weighted by molar-refractivity contribution is 5.93. The SMILES string of the molecule is COOC(=O)c1cnc2ccccc2c1. The van der Waals surface area contributed by atoms with E-state index in [2.05, 4.69) is 14.8 Å². The highest BCUT2D eigenvalue weighted by atomic mass is 17.2. The summed E-state index contributed by atoms with van der Waals surface area (Å²) < 4.78 is 0. The summed E-state index contributed by atoms with van der Waals surface area (Å²) in [6.45, 7) is 0. The van der Waals surface area contributed by atoms with Crippen LogP contribution in [-0.4, -0.2) is 18.1 Å². The first-order valence-corrected chi connectivity index (χ1v) is 4.41. The molecule has 0 amide bonds. The molecule has 0 N–H and O–H groups in total. The first-order valence-electron chi connectivity index (χ1n) is 4.41. The lowest BCUT2D eigenvalue weighted by Crippen LogP contribution is -2.04. The third-order valence-electron chi connectivity index (χ3n) is 1.99. The Morgan fingerprint density at radius 2 is 2.13 bits per heavy atom. The summed E-state index contributed by atoms with van der Waals surface area (Å²) in [4.78, 5) is 24.1. The Hall–Kier alpha value is -1.94. The maximum absolute atomic E-state index is 11.3. The molecular weight excluding hydrogens is 194 g/mol.